The normalized spacial score (nSPS) is 18.6. The van der Waals surface area contributed by atoms with Crippen molar-refractivity contribution in [2.45, 2.75) is 18.9 Å². The van der Waals surface area contributed by atoms with Gasteiger partial charge < -0.3 is 15.4 Å². The second-order valence-corrected chi connectivity index (χ2v) is 3.87. The molecule has 86 valence electrons. The average molecular weight is 220 g/mol. The van der Waals surface area contributed by atoms with E-state index in [9.17, 15) is 4.79 Å². The van der Waals surface area contributed by atoms with Gasteiger partial charge in [-0.2, -0.15) is 0 Å². The maximum atomic E-state index is 11.7. The Balaban J connectivity index is 2.01. The van der Waals surface area contributed by atoms with Gasteiger partial charge in [0.2, 0.25) is 5.91 Å². The van der Waals surface area contributed by atoms with Crippen molar-refractivity contribution in [2.75, 3.05) is 24.4 Å². The standard InChI is InChI=1S/C12H16N2O2/c1-16-8-4-7-11-12(15)14-10-6-3-2-5-9(10)13-11/h2-3,5-6,11,13H,4,7-8H2,1H3,(H,14,15). The second kappa shape index (κ2) is 4.99. The molecule has 16 heavy (non-hydrogen) atoms. The molecule has 0 aliphatic carbocycles. The van der Waals surface area contributed by atoms with E-state index in [1.807, 2.05) is 24.3 Å². The van der Waals surface area contributed by atoms with Crippen molar-refractivity contribution in [1.82, 2.24) is 0 Å². The van der Waals surface area contributed by atoms with Crippen LogP contribution in [-0.2, 0) is 9.53 Å². The van der Waals surface area contributed by atoms with Crippen LogP contribution in [0.2, 0.25) is 0 Å². The number of hydrogen-bond donors (Lipinski definition) is 2. The van der Waals surface area contributed by atoms with Crippen molar-refractivity contribution in [2.24, 2.45) is 0 Å². The largest absolute Gasteiger partial charge is 0.385 e. The number of amides is 1. The van der Waals surface area contributed by atoms with E-state index in [1.165, 1.54) is 0 Å². The molecule has 0 aromatic heterocycles. The van der Waals surface area contributed by atoms with Crippen LogP contribution in [0.25, 0.3) is 0 Å². The Morgan fingerprint density at radius 2 is 2.06 bits per heavy atom. The Bertz CT molecular complexity index is 379. The van der Waals surface area contributed by atoms with Gasteiger partial charge in [-0.1, -0.05) is 12.1 Å². The highest BCUT2D eigenvalue weighted by Gasteiger charge is 2.24. The molecule has 0 fully saturated rings. The molecule has 2 N–H and O–H groups in total. The van der Waals surface area contributed by atoms with E-state index in [0.717, 1.165) is 24.2 Å². The molecule has 1 heterocycles. The Labute approximate surface area is 95.0 Å². The molecule has 1 amide bonds. The van der Waals surface area contributed by atoms with Crippen molar-refractivity contribution in [3.63, 3.8) is 0 Å². The van der Waals surface area contributed by atoms with Crippen molar-refractivity contribution in [3.8, 4) is 0 Å². The summed E-state index contributed by atoms with van der Waals surface area (Å²) in [5.74, 6) is 0.0369. The van der Waals surface area contributed by atoms with Gasteiger partial charge in [0, 0.05) is 13.7 Å². The number of hydrogen-bond acceptors (Lipinski definition) is 3. The number of anilines is 2. The lowest BCUT2D eigenvalue weighted by atomic mass is 10.1. The topological polar surface area (TPSA) is 50.4 Å². The number of para-hydroxylation sites is 2. The quantitative estimate of drug-likeness (QED) is 0.761. The third kappa shape index (κ3) is 2.33. The first-order valence-corrected chi connectivity index (χ1v) is 5.46. The molecule has 1 aliphatic rings. The highest BCUT2D eigenvalue weighted by atomic mass is 16.5. The van der Waals surface area contributed by atoms with E-state index < -0.39 is 0 Å². The zero-order chi connectivity index (χ0) is 11.4. The zero-order valence-electron chi connectivity index (χ0n) is 9.32. The molecule has 0 radical (unpaired) electrons. The number of benzene rings is 1. The summed E-state index contributed by atoms with van der Waals surface area (Å²) in [5.41, 5.74) is 1.85. The smallest absolute Gasteiger partial charge is 0.246 e. The summed E-state index contributed by atoms with van der Waals surface area (Å²) in [6, 6.07) is 7.58. The Morgan fingerprint density at radius 3 is 2.81 bits per heavy atom. The highest BCUT2D eigenvalue weighted by Crippen LogP contribution is 2.26. The second-order valence-electron chi connectivity index (χ2n) is 3.87. The molecular weight excluding hydrogens is 204 g/mol. The lowest BCUT2D eigenvalue weighted by molar-refractivity contribution is -0.117. The minimum atomic E-state index is -0.148. The summed E-state index contributed by atoms with van der Waals surface area (Å²) < 4.78 is 4.98. The summed E-state index contributed by atoms with van der Waals surface area (Å²) in [4.78, 5) is 11.7. The predicted octanol–water partition coefficient (Wildman–Crippen LogP) is 1.85. The summed E-state index contributed by atoms with van der Waals surface area (Å²) in [6.45, 7) is 0.688. The van der Waals surface area contributed by atoms with Gasteiger partial charge in [-0.15, -0.1) is 0 Å². The van der Waals surface area contributed by atoms with Crippen molar-refractivity contribution in [1.29, 1.82) is 0 Å². The van der Waals surface area contributed by atoms with Gasteiger partial charge >= 0.3 is 0 Å². The fourth-order valence-corrected chi connectivity index (χ4v) is 1.83. The highest BCUT2D eigenvalue weighted by molar-refractivity contribution is 6.02. The van der Waals surface area contributed by atoms with Crippen molar-refractivity contribution in [3.05, 3.63) is 24.3 Å². The van der Waals surface area contributed by atoms with Crippen LogP contribution < -0.4 is 10.6 Å². The molecule has 1 atom stereocenters. The minimum absolute atomic E-state index is 0.0369. The molecule has 1 unspecified atom stereocenters. The predicted molar refractivity (Wildman–Crippen MR) is 63.6 cm³/mol. The van der Waals surface area contributed by atoms with Crippen LogP contribution in [-0.4, -0.2) is 25.7 Å². The average Bonchev–Trinajstić information content (AvgIpc) is 2.30. The molecule has 1 aromatic rings. The van der Waals surface area contributed by atoms with Crippen LogP contribution in [0, 0.1) is 0 Å². The Hall–Kier alpha value is -1.55. The van der Waals surface area contributed by atoms with Crippen LogP contribution in [0.15, 0.2) is 24.3 Å². The van der Waals surface area contributed by atoms with E-state index in [4.69, 9.17) is 4.74 Å². The van der Waals surface area contributed by atoms with Gasteiger partial charge in [0.25, 0.3) is 0 Å². The lowest BCUT2D eigenvalue weighted by Crippen LogP contribution is -2.38. The van der Waals surface area contributed by atoms with Gasteiger partial charge in [0.1, 0.15) is 6.04 Å². The van der Waals surface area contributed by atoms with E-state index in [1.54, 1.807) is 7.11 Å². The summed E-state index contributed by atoms with van der Waals surface area (Å²) in [7, 11) is 1.67. The molecule has 1 aromatic carbocycles. The molecular formula is C12H16N2O2. The third-order valence-corrected chi connectivity index (χ3v) is 2.67. The maximum absolute atomic E-state index is 11.7. The van der Waals surface area contributed by atoms with Gasteiger partial charge in [0.15, 0.2) is 0 Å². The number of rotatable bonds is 4. The van der Waals surface area contributed by atoms with Gasteiger partial charge in [-0.05, 0) is 25.0 Å². The van der Waals surface area contributed by atoms with Crippen molar-refractivity contribution < 1.29 is 9.53 Å². The van der Waals surface area contributed by atoms with E-state index in [2.05, 4.69) is 10.6 Å². The molecule has 2 rings (SSSR count). The number of carbonyl (C=O) groups excluding carboxylic acids is 1. The van der Waals surface area contributed by atoms with Crippen LogP contribution in [0.4, 0.5) is 11.4 Å². The molecule has 4 nitrogen and oxygen atoms in total. The number of methoxy groups -OCH3 is 1. The lowest BCUT2D eigenvalue weighted by Gasteiger charge is -2.26. The van der Waals surface area contributed by atoms with E-state index >= 15 is 0 Å². The van der Waals surface area contributed by atoms with E-state index in [0.29, 0.717) is 6.61 Å². The van der Waals surface area contributed by atoms with Crippen LogP contribution >= 0.6 is 0 Å². The maximum Gasteiger partial charge on any atom is 0.246 e. The third-order valence-electron chi connectivity index (χ3n) is 2.67. The Morgan fingerprint density at radius 1 is 1.31 bits per heavy atom. The Kier molecular flexibility index (Phi) is 3.41. The summed E-state index contributed by atoms with van der Waals surface area (Å²) in [6.07, 6.45) is 1.66. The molecule has 1 aliphatic heterocycles. The zero-order valence-corrected chi connectivity index (χ0v) is 9.32. The number of ether oxygens (including phenoxy) is 1. The first-order valence-electron chi connectivity index (χ1n) is 5.46. The van der Waals surface area contributed by atoms with Crippen LogP contribution in [0.1, 0.15) is 12.8 Å². The minimum Gasteiger partial charge on any atom is -0.385 e. The first-order chi connectivity index (χ1) is 7.81. The van der Waals surface area contributed by atoms with Gasteiger partial charge in [-0.25, -0.2) is 0 Å². The van der Waals surface area contributed by atoms with Crippen LogP contribution in [0.5, 0.6) is 0 Å². The molecule has 0 saturated heterocycles. The fourth-order valence-electron chi connectivity index (χ4n) is 1.83. The molecule has 0 spiro atoms. The fraction of sp³-hybridized carbons (Fsp3) is 0.417. The summed E-state index contributed by atoms with van der Waals surface area (Å²) >= 11 is 0. The monoisotopic (exact) mass is 220 g/mol. The van der Waals surface area contributed by atoms with Gasteiger partial charge in [-0.3, -0.25) is 4.79 Å². The number of nitrogens with one attached hydrogen (secondary N) is 2. The van der Waals surface area contributed by atoms with Gasteiger partial charge in [0.05, 0.1) is 11.4 Å². The van der Waals surface area contributed by atoms with Crippen LogP contribution in [0.3, 0.4) is 0 Å². The van der Waals surface area contributed by atoms with Crippen molar-refractivity contribution >= 4 is 17.3 Å². The van der Waals surface area contributed by atoms with E-state index in [-0.39, 0.29) is 11.9 Å². The molecule has 4 heteroatoms. The molecule has 0 saturated carbocycles. The molecule has 0 bridgehead atoms. The summed E-state index contributed by atoms with van der Waals surface area (Å²) in [5, 5.41) is 6.13. The number of carbonyl (C=O) groups is 1. The SMILES string of the molecule is COCCCC1Nc2ccccc2NC1=O. The number of fused-ring (bicyclic) bond motifs is 1. The first kappa shape index (κ1) is 11.0.